The van der Waals surface area contributed by atoms with Gasteiger partial charge < -0.3 is 25.6 Å². The Labute approximate surface area is 203 Å². The first-order chi connectivity index (χ1) is 16.9. The third kappa shape index (κ3) is 7.30. The van der Waals surface area contributed by atoms with E-state index in [9.17, 15) is 19.2 Å². The van der Waals surface area contributed by atoms with E-state index in [1.807, 2.05) is 24.3 Å². The van der Waals surface area contributed by atoms with E-state index in [1.54, 1.807) is 0 Å². The molecule has 186 valence electrons. The van der Waals surface area contributed by atoms with E-state index in [0.717, 1.165) is 22.3 Å². The zero-order chi connectivity index (χ0) is 25.2. The molecule has 0 saturated heterocycles. The van der Waals surface area contributed by atoms with Crippen LogP contribution in [0.25, 0.3) is 11.1 Å². The number of nitrogens with one attached hydrogen (secondary N) is 2. The van der Waals surface area contributed by atoms with Gasteiger partial charge in [0.25, 0.3) is 0 Å². The van der Waals surface area contributed by atoms with Crippen molar-refractivity contribution in [2.24, 2.45) is 0 Å². The van der Waals surface area contributed by atoms with E-state index >= 15 is 0 Å². The molecule has 0 fully saturated rings. The number of hydrogen-bond donors (Lipinski definition) is 4. The highest BCUT2D eigenvalue weighted by molar-refractivity contribution is 5.84. The van der Waals surface area contributed by atoms with Crippen LogP contribution in [-0.4, -0.2) is 53.3 Å². The van der Waals surface area contributed by atoms with Gasteiger partial charge in [0.2, 0.25) is 5.91 Å². The molecule has 1 atom stereocenters. The molecule has 2 amide bonds. The molecule has 4 N–H and O–H groups in total. The average molecular weight is 483 g/mol. The number of benzene rings is 2. The highest BCUT2D eigenvalue weighted by Crippen LogP contribution is 2.44. The Morgan fingerprint density at radius 3 is 2.09 bits per heavy atom. The minimum absolute atomic E-state index is 0.00297. The number of rotatable bonds is 13. The minimum Gasteiger partial charge on any atom is -0.481 e. The Morgan fingerprint density at radius 1 is 0.857 bits per heavy atom. The van der Waals surface area contributed by atoms with Crippen molar-refractivity contribution in [2.75, 3.05) is 13.2 Å². The number of carboxylic acid groups (broad SMARTS) is 2. The number of carboxylic acids is 2. The molecule has 0 saturated carbocycles. The largest absolute Gasteiger partial charge is 0.481 e. The second-order valence-corrected chi connectivity index (χ2v) is 8.45. The highest BCUT2D eigenvalue weighted by Gasteiger charge is 2.29. The number of amides is 2. The van der Waals surface area contributed by atoms with Gasteiger partial charge in [-0.2, -0.15) is 0 Å². The molecule has 0 spiro atoms. The number of unbranched alkanes of at least 4 members (excludes halogenated alkanes) is 2. The third-order valence-electron chi connectivity index (χ3n) is 5.97. The van der Waals surface area contributed by atoms with Crippen molar-refractivity contribution in [3.05, 3.63) is 59.7 Å². The maximum Gasteiger partial charge on any atom is 0.407 e. The normalized spacial score (nSPS) is 12.8. The van der Waals surface area contributed by atoms with Crippen molar-refractivity contribution in [1.82, 2.24) is 10.6 Å². The highest BCUT2D eigenvalue weighted by atomic mass is 16.5. The van der Waals surface area contributed by atoms with Gasteiger partial charge in [-0.25, -0.2) is 9.59 Å². The number of hydrogen-bond acceptors (Lipinski definition) is 5. The fourth-order valence-corrected chi connectivity index (χ4v) is 4.22. The number of carbonyl (C=O) groups is 4. The fourth-order valence-electron chi connectivity index (χ4n) is 4.22. The average Bonchev–Trinajstić information content (AvgIpc) is 3.16. The lowest BCUT2D eigenvalue weighted by atomic mass is 9.98. The van der Waals surface area contributed by atoms with Gasteiger partial charge in [0.1, 0.15) is 12.6 Å². The van der Waals surface area contributed by atoms with Gasteiger partial charge in [-0.1, -0.05) is 55.0 Å². The first kappa shape index (κ1) is 25.7. The predicted octanol–water partition coefficient (Wildman–Crippen LogP) is 3.52. The lowest BCUT2D eigenvalue weighted by Crippen LogP contribution is -2.41. The molecular formula is C26H30N2O7. The lowest BCUT2D eigenvalue weighted by Gasteiger charge is -2.14. The van der Waals surface area contributed by atoms with Crippen LogP contribution in [0.2, 0.25) is 0 Å². The van der Waals surface area contributed by atoms with Crippen LogP contribution in [0.3, 0.4) is 0 Å². The molecule has 1 aliphatic carbocycles. The molecule has 0 aliphatic heterocycles. The standard InChI is InChI=1S/C26H30N2O7/c29-23(28-22(25(32)33)13-14-24(30)31)12-2-1-7-15-27-26(34)35-16-21-19-10-5-3-8-17(19)18-9-4-6-11-20(18)21/h3-6,8-11,21-22H,1-2,7,12-16H2,(H,27,34)(H,28,29)(H,30,31)(H,32,33)/t22-/m0/s1. The van der Waals surface area contributed by atoms with Crippen molar-refractivity contribution < 1.29 is 34.1 Å². The monoisotopic (exact) mass is 482 g/mol. The van der Waals surface area contributed by atoms with Crippen molar-refractivity contribution in [2.45, 2.75) is 50.5 Å². The topological polar surface area (TPSA) is 142 Å². The van der Waals surface area contributed by atoms with Crippen molar-refractivity contribution in [3.8, 4) is 11.1 Å². The van der Waals surface area contributed by atoms with E-state index in [4.69, 9.17) is 14.9 Å². The zero-order valence-electron chi connectivity index (χ0n) is 19.4. The Morgan fingerprint density at radius 2 is 1.49 bits per heavy atom. The molecule has 0 unspecified atom stereocenters. The smallest absolute Gasteiger partial charge is 0.407 e. The van der Waals surface area contributed by atoms with E-state index in [-0.39, 0.29) is 31.8 Å². The van der Waals surface area contributed by atoms with Crippen molar-refractivity contribution in [1.29, 1.82) is 0 Å². The van der Waals surface area contributed by atoms with Crippen molar-refractivity contribution in [3.63, 3.8) is 0 Å². The van der Waals surface area contributed by atoms with Gasteiger partial charge in [0.05, 0.1) is 0 Å². The van der Waals surface area contributed by atoms with Gasteiger partial charge in [-0.05, 0) is 41.5 Å². The Bertz CT molecular complexity index is 1020. The molecular weight excluding hydrogens is 452 g/mol. The summed E-state index contributed by atoms with van der Waals surface area (Å²) in [6.07, 6.45) is 0.945. The molecule has 1 aliphatic rings. The molecule has 3 rings (SSSR count). The molecule has 0 heterocycles. The summed E-state index contributed by atoms with van der Waals surface area (Å²) in [4.78, 5) is 45.8. The maximum atomic E-state index is 12.2. The van der Waals surface area contributed by atoms with Crippen LogP contribution in [0.1, 0.15) is 55.6 Å². The van der Waals surface area contributed by atoms with Gasteiger partial charge in [0.15, 0.2) is 0 Å². The summed E-state index contributed by atoms with van der Waals surface area (Å²) in [5.41, 5.74) is 4.62. The second kappa shape index (κ2) is 12.5. The number of alkyl carbamates (subject to hydrolysis) is 1. The van der Waals surface area contributed by atoms with Crippen LogP contribution in [0.15, 0.2) is 48.5 Å². The van der Waals surface area contributed by atoms with Gasteiger partial charge in [-0.3, -0.25) is 9.59 Å². The molecule has 0 bridgehead atoms. The van der Waals surface area contributed by atoms with Crippen molar-refractivity contribution >= 4 is 23.9 Å². The van der Waals surface area contributed by atoms with Crippen LogP contribution in [0.4, 0.5) is 4.79 Å². The molecule has 9 heteroatoms. The van der Waals surface area contributed by atoms with Crippen LogP contribution >= 0.6 is 0 Å². The van der Waals surface area contributed by atoms with E-state index in [2.05, 4.69) is 34.9 Å². The van der Waals surface area contributed by atoms with Gasteiger partial charge in [-0.15, -0.1) is 0 Å². The quantitative estimate of drug-likeness (QED) is 0.320. The summed E-state index contributed by atoms with van der Waals surface area (Å²) >= 11 is 0. The third-order valence-corrected chi connectivity index (χ3v) is 5.97. The van der Waals surface area contributed by atoms with Crippen LogP contribution < -0.4 is 10.6 Å². The fraction of sp³-hybridized carbons (Fsp3) is 0.385. The molecule has 9 nitrogen and oxygen atoms in total. The lowest BCUT2D eigenvalue weighted by molar-refractivity contribution is -0.143. The summed E-state index contributed by atoms with van der Waals surface area (Å²) in [7, 11) is 0. The van der Waals surface area contributed by atoms with Crippen LogP contribution in [-0.2, 0) is 19.1 Å². The van der Waals surface area contributed by atoms with E-state index in [0.29, 0.717) is 25.8 Å². The van der Waals surface area contributed by atoms with Gasteiger partial charge in [0, 0.05) is 25.3 Å². The summed E-state index contributed by atoms with van der Waals surface area (Å²) in [5, 5.41) is 22.8. The summed E-state index contributed by atoms with van der Waals surface area (Å²) < 4.78 is 5.48. The first-order valence-corrected chi connectivity index (χ1v) is 11.7. The van der Waals surface area contributed by atoms with Crippen LogP contribution in [0, 0.1) is 0 Å². The Hall–Kier alpha value is -3.88. The molecule has 0 aromatic heterocycles. The summed E-state index contributed by atoms with van der Waals surface area (Å²) in [6, 6.07) is 15.0. The minimum atomic E-state index is -1.26. The second-order valence-electron chi connectivity index (χ2n) is 8.45. The Balaban J connectivity index is 1.32. The molecule has 2 aromatic carbocycles. The first-order valence-electron chi connectivity index (χ1n) is 11.7. The predicted molar refractivity (Wildman–Crippen MR) is 128 cm³/mol. The number of aliphatic carboxylic acids is 2. The number of ether oxygens (including phenoxy) is 1. The van der Waals surface area contributed by atoms with Crippen LogP contribution in [0.5, 0.6) is 0 Å². The van der Waals surface area contributed by atoms with Gasteiger partial charge >= 0.3 is 18.0 Å². The summed E-state index contributed by atoms with van der Waals surface area (Å²) in [6.45, 7) is 0.640. The maximum absolute atomic E-state index is 12.2. The summed E-state index contributed by atoms with van der Waals surface area (Å²) in [5.74, 6) is -2.81. The molecule has 2 aromatic rings. The SMILES string of the molecule is O=C(O)CC[C@H](NC(=O)CCCCCNC(=O)OCC1c2ccccc2-c2ccccc21)C(=O)O. The Kier molecular flexibility index (Phi) is 9.23. The number of carbonyl (C=O) groups excluding carboxylic acids is 2. The van der Waals surface area contributed by atoms with E-state index < -0.39 is 30.0 Å². The number of fused-ring (bicyclic) bond motifs is 3. The molecule has 0 radical (unpaired) electrons. The zero-order valence-corrected chi connectivity index (χ0v) is 19.4. The van der Waals surface area contributed by atoms with E-state index in [1.165, 1.54) is 0 Å². The molecule has 35 heavy (non-hydrogen) atoms.